The first-order valence-corrected chi connectivity index (χ1v) is 12.2. The Morgan fingerprint density at radius 2 is 1.77 bits per heavy atom. The molecule has 0 radical (unpaired) electrons. The molecule has 3 rings (SSSR count). The number of rotatable bonds is 9. The Labute approximate surface area is 183 Å². The maximum absolute atomic E-state index is 12.9. The van der Waals surface area contributed by atoms with Gasteiger partial charge < -0.3 is 19.1 Å². The molecule has 1 heterocycles. The SMILES string of the molecule is COc1ccc(OC)c(C2CCCN2C(=O)CCCOc2ccc(S(C)(=O)=O)cc2)c1. The van der Waals surface area contributed by atoms with E-state index in [-0.39, 0.29) is 16.8 Å². The smallest absolute Gasteiger partial charge is 0.223 e. The van der Waals surface area contributed by atoms with E-state index in [0.717, 1.165) is 36.4 Å². The van der Waals surface area contributed by atoms with Gasteiger partial charge in [0.05, 0.1) is 31.8 Å². The molecule has 1 aliphatic rings. The summed E-state index contributed by atoms with van der Waals surface area (Å²) in [6.45, 7) is 1.10. The standard InChI is InChI=1S/C23H29NO6S/c1-28-18-10-13-22(29-2)20(16-18)21-6-4-14-24(21)23(25)7-5-15-30-17-8-11-19(12-9-17)31(3,26)27/h8-13,16,21H,4-7,14-15H2,1-3H3. The van der Waals surface area contributed by atoms with Crippen LogP contribution < -0.4 is 14.2 Å². The minimum Gasteiger partial charge on any atom is -0.497 e. The van der Waals surface area contributed by atoms with Crippen LogP contribution in [0.15, 0.2) is 47.4 Å². The van der Waals surface area contributed by atoms with Crippen molar-refractivity contribution in [2.45, 2.75) is 36.6 Å². The summed E-state index contributed by atoms with van der Waals surface area (Å²) in [5.41, 5.74) is 0.968. The average Bonchev–Trinajstić information content (AvgIpc) is 3.25. The van der Waals surface area contributed by atoms with Crippen LogP contribution in [-0.4, -0.2) is 52.9 Å². The molecule has 1 fully saturated rings. The van der Waals surface area contributed by atoms with E-state index in [0.29, 0.717) is 25.2 Å². The van der Waals surface area contributed by atoms with Crippen LogP contribution in [0.5, 0.6) is 17.2 Å². The van der Waals surface area contributed by atoms with E-state index in [1.807, 2.05) is 23.1 Å². The Bertz CT molecular complexity index is 1000. The molecular formula is C23H29NO6S. The van der Waals surface area contributed by atoms with Crippen LogP contribution in [0, 0.1) is 0 Å². The summed E-state index contributed by atoms with van der Waals surface area (Å²) in [5, 5.41) is 0. The van der Waals surface area contributed by atoms with Gasteiger partial charge in [-0.25, -0.2) is 8.42 Å². The maximum atomic E-state index is 12.9. The van der Waals surface area contributed by atoms with Crippen LogP contribution >= 0.6 is 0 Å². The third kappa shape index (κ3) is 5.70. The van der Waals surface area contributed by atoms with E-state index >= 15 is 0 Å². The number of nitrogens with zero attached hydrogens (tertiary/aromatic N) is 1. The highest BCUT2D eigenvalue weighted by atomic mass is 32.2. The van der Waals surface area contributed by atoms with E-state index in [1.165, 1.54) is 18.4 Å². The molecule has 0 saturated carbocycles. The molecule has 2 aromatic carbocycles. The lowest BCUT2D eigenvalue weighted by Crippen LogP contribution is -2.30. The lowest BCUT2D eigenvalue weighted by Gasteiger charge is -2.27. The van der Waals surface area contributed by atoms with Crippen LogP contribution in [0.2, 0.25) is 0 Å². The molecule has 1 aliphatic heterocycles. The summed E-state index contributed by atoms with van der Waals surface area (Å²) >= 11 is 0. The van der Waals surface area contributed by atoms with E-state index in [4.69, 9.17) is 14.2 Å². The molecule has 0 aromatic heterocycles. The Hall–Kier alpha value is -2.74. The van der Waals surface area contributed by atoms with Crippen molar-refractivity contribution in [1.82, 2.24) is 4.90 Å². The van der Waals surface area contributed by atoms with E-state index in [2.05, 4.69) is 0 Å². The van der Waals surface area contributed by atoms with Crippen molar-refractivity contribution in [3.8, 4) is 17.2 Å². The topological polar surface area (TPSA) is 82.1 Å². The number of ether oxygens (including phenoxy) is 3. The quantitative estimate of drug-likeness (QED) is 0.546. The number of likely N-dealkylation sites (tertiary alicyclic amines) is 1. The molecule has 1 saturated heterocycles. The van der Waals surface area contributed by atoms with Gasteiger partial charge in [-0.3, -0.25) is 4.79 Å². The van der Waals surface area contributed by atoms with Crippen molar-refractivity contribution >= 4 is 15.7 Å². The van der Waals surface area contributed by atoms with Crippen LogP contribution in [0.4, 0.5) is 0 Å². The molecular weight excluding hydrogens is 418 g/mol. The number of methoxy groups -OCH3 is 2. The Balaban J connectivity index is 1.56. The van der Waals surface area contributed by atoms with Crippen molar-refractivity contribution in [2.75, 3.05) is 33.6 Å². The van der Waals surface area contributed by atoms with Crippen LogP contribution in [0.1, 0.15) is 37.3 Å². The summed E-state index contributed by atoms with van der Waals surface area (Å²) in [7, 11) is 0.0283. The fraction of sp³-hybridized carbons (Fsp3) is 0.435. The number of sulfone groups is 1. The second kappa shape index (κ2) is 10.0. The second-order valence-corrected chi connectivity index (χ2v) is 9.56. The number of carbonyl (C=O) groups excluding carboxylic acids is 1. The van der Waals surface area contributed by atoms with E-state index in [9.17, 15) is 13.2 Å². The molecule has 0 N–H and O–H groups in total. The molecule has 7 nitrogen and oxygen atoms in total. The highest BCUT2D eigenvalue weighted by Crippen LogP contribution is 2.39. The molecule has 8 heteroatoms. The normalized spacial score (nSPS) is 16.2. The van der Waals surface area contributed by atoms with Crippen molar-refractivity contribution in [3.05, 3.63) is 48.0 Å². The van der Waals surface area contributed by atoms with Gasteiger partial charge in [-0.15, -0.1) is 0 Å². The number of hydrogen-bond acceptors (Lipinski definition) is 6. The van der Waals surface area contributed by atoms with Crippen LogP contribution in [-0.2, 0) is 14.6 Å². The molecule has 168 valence electrons. The summed E-state index contributed by atoms with van der Waals surface area (Å²) in [5.74, 6) is 2.17. The first-order valence-electron chi connectivity index (χ1n) is 10.3. The average molecular weight is 448 g/mol. The monoisotopic (exact) mass is 447 g/mol. The van der Waals surface area contributed by atoms with Crippen LogP contribution in [0.25, 0.3) is 0 Å². The van der Waals surface area contributed by atoms with E-state index < -0.39 is 9.84 Å². The number of amides is 1. The van der Waals surface area contributed by atoms with Crippen molar-refractivity contribution in [3.63, 3.8) is 0 Å². The predicted octanol–water partition coefficient (Wildman–Crippen LogP) is 3.63. The summed E-state index contributed by atoms with van der Waals surface area (Å²) < 4.78 is 39.5. The van der Waals surface area contributed by atoms with Gasteiger partial charge in [-0.05, 0) is 61.7 Å². The van der Waals surface area contributed by atoms with Gasteiger partial charge in [-0.2, -0.15) is 0 Å². The van der Waals surface area contributed by atoms with Gasteiger partial charge >= 0.3 is 0 Å². The summed E-state index contributed by atoms with van der Waals surface area (Å²) in [4.78, 5) is 15.0. The Morgan fingerprint density at radius 3 is 2.42 bits per heavy atom. The van der Waals surface area contributed by atoms with Gasteiger partial charge in [0.25, 0.3) is 0 Å². The zero-order valence-corrected chi connectivity index (χ0v) is 19.0. The number of benzene rings is 2. The maximum Gasteiger partial charge on any atom is 0.223 e. The van der Waals surface area contributed by atoms with Gasteiger partial charge in [0.15, 0.2) is 9.84 Å². The summed E-state index contributed by atoms with van der Waals surface area (Å²) in [6, 6.07) is 11.9. The minimum atomic E-state index is -3.23. The lowest BCUT2D eigenvalue weighted by atomic mass is 10.0. The van der Waals surface area contributed by atoms with Crippen LogP contribution in [0.3, 0.4) is 0 Å². The van der Waals surface area contributed by atoms with Crippen molar-refractivity contribution in [2.24, 2.45) is 0 Å². The first-order chi connectivity index (χ1) is 14.8. The Kier molecular flexibility index (Phi) is 7.43. The van der Waals surface area contributed by atoms with E-state index in [1.54, 1.807) is 26.4 Å². The second-order valence-electron chi connectivity index (χ2n) is 7.55. The largest absolute Gasteiger partial charge is 0.497 e. The predicted molar refractivity (Wildman–Crippen MR) is 118 cm³/mol. The highest BCUT2D eigenvalue weighted by molar-refractivity contribution is 7.90. The minimum absolute atomic E-state index is 0.0259. The molecule has 0 bridgehead atoms. The third-order valence-corrected chi connectivity index (χ3v) is 6.55. The zero-order chi connectivity index (χ0) is 22.4. The van der Waals surface area contributed by atoms with Gasteiger partial charge in [-0.1, -0.05) is 0 Å². The highest BCUT2D eigenvalue weighted by Gasteiger charge is 2.31. The fourth-order valence-electron chi connectivity index (χ4n) is 3.83. The third-order valence-electron chi connectivity index (χ3n) is 5.42. The molecule has 1 unspecified atom stereocenters. The fourth-order valence-corrected chi connectivity index (χ4v) is 4.46. The van der Waals surface area contributed by atoms with Gasteiger partial charge in [0, 0.05) is 24.8 Å². The number of carbonyl (C=O) groups is 1. The molecule has 31 heavy (non-hydrogen) atoms. The Morgan fingerprint density at radius 1 is 1.06 bits per heavy atom. The molecule has 0 spiro atoms. The lowest BCUT2D eigenvalue weighted by molar-refractivity contribution is -0.132. The zero-order valence-electron chi connectivity index (χ0n) is 18.2. The summed E-state index contributed by atoms with van der Waals surface area (Å²) in [6.07, 6.45) is 3.95. The van der Waals surface area contributed by atoms with Gasteiger partial charge in [0.2, 0.25) is 5.91 Å². The molecule has 0 aliphatic carbocycles. The van der Waals surface area contributed by atoms with Crippen molar-refractivity contribution in [1.29, 1.82) is 0 Å². The van der Waals surface area contributed by atoms with Gasteiger partial charge in [0.1, 0.15) is 17.2 Å². The van der Waals surface area contributed by atoms with Crippen molar-refractivity contribution < 1.29 is 27.4 Å². The number of hydrogen-bond donors (Lipinski definition) is 0. The molecule has 1 amide bonds. The molecule has 2 aromatic rings. The molecule has 1 atom stereocenters. The first kappa shape index (κ1) is 22.9.